The summed E-state index contributed by atoms with van der Waals surface area (Å²) >= 11 is 0. The third kappa shape index (κ3) is 3.97. The zero-order valence-corrected chi connectivity index (χ0v) is 12.6. The van der Waals surface area contributed by atoms with Crippen LogP contribution in [0.4, 0.5) is 10.5 Å². The second-order valence-electron chi connectivity index (χ2n) is 5.91. The Morgan fingerprint density at radius 1 is 1.14 bits per heavy atom. The van der Waals surface area contributed by atoms with Crippen molar-refractivity contribution in [1.82, 2.24) is 5.32 Å². The number of carbonyl (C=O) groups is 2. The number of hydrogen-bond donors (Lipinski definition) is 3. The van der Waals surface area contributed by atoms with Crippen molar-refractivity contribution in [2.75, 3.05) is 5.32 Å². The maximum Gasteiger partial charge on any atom is 0.316 e. The molecule has 1 aliphatic carbocycles. The lowest BCUT2D eigenvalue weighted by atomic mass is 9.78. The molecule has 3 atom stereocenters. The predicted octanol–water partition coefficient (Wildman–Crippen LogP) is 2.73. The molecule has 2 rings (SSSR count). The zero-order chi connectivity index (χ0) is 15.4. The normalized spacial score (nSPS) is 25.1. The molecule has 1 fully saturated rings. The first-order valence-electron chi connectivity index (χ1n) is 7.44. The second-order valence-corrected chi connectivity index (χ2v) is 5.91. The Morgan fingerprint density at radius 2 is 1.81 bits per heavy atom. The minimum Gasteiger partial charge on any atom is -0.351 e. The highest BCUT2D eigenvalue weighted by atomic mass is 16.2. The van der Waals surface area contributed by atoms with Gasteiger partial charge in [0.25, 0.3) is 5.91 Å². The van der Waals surface area contributed by atoms with E-state index in [0.717, 1.165) is 12.8 Å². The first kappa shape index (κ1) is 15.4. The van der Waals surface area contributed by atoms with Gasteiger partial charge in [-0.05, 0) is 42.5 Å². The Kier molecular flexibility index (Phi) is 4.83. The molecule has 0 aliphatic heterocycles. The lowest BCUT2D eigenvalue weighted by molar-refractivity contribution is 0.0891. The maximum atomic E-state index is 12.3. The minimum absolute atomic E-state index is 0.0634. The number of nitrogens with two attached hydrogens (primary N) is 1. The molecule has 4 N–H and O–H groups in total. The predicted molar refractivity (Wildman–Crippen MR) is 83.1 cm³/mol. The highest BCUT2D eigenvalue weighted by molar-refractivity contribution is 5.95. The van der Waals surface area contributed by atoms with E-state index < -0.39 is 6.03 Å². The molecule has 5 heteroatoms. The molecular weight excluding hydrogens is 266 g/mol. The van der Waals surface area contributed by atoms with Crippen molar-refractivity contribution in [3.05, 3.63) is 29.8 Å². The van der Waals surface area contributed by atoms with Crippen LogP contribution in [0.2, 0.25) is 0 Å². The summed E-state index contributed by atoms with van der Waals surface area (Å²) in [5, 5.41) is 5.60. The van der Waals surface area contributed by atoms with E-state index >= 15 is 0 Å². The van der Waals surface area contributed by atoms with Gasteiger partial charge in [0.05, 0.1) is 0 Å². The van der Waals surface area contributed by atoms with Crippen molar-refractivity contribution in [2.24, 2.45) is 17.6 Å². The summed E-state index contributed by atoms with van der Waals surface area (Å²) in [5.41, 5.74) is 6.22. The van der Waals surface area contributed by atoms with Gasteiger partial charge in [-0.2, -0.15) is 0 Å². The van der Waals surface area contributed by atoms with Crippen LogP contribution in [0.15, 0.2) is 24.3 Å². The fourth-order valence-corrected chi connectivity index (χ4v) is 2.88. The largest absolute Gasteiger partial charge is 0.351 e. The van der Waals surface area contributed by atoms with E-state index in [2.05, 4.69) is 24.5 Å². The van der Waals surface area contributed by atoms with E-state index in [9.17, 15) is 9.59 Å². The number of carbonyl (C=O) groups excluding carboxylic acids is 2. The lowest BCUT2D eigenvalue weighted by Gasteiger charge is -2.34. The van der Waals surface area contributed by atoms with E-state index in [1.54, 1.807) is 24.3 Å². The number of nitrogens with one attached hydrogen (secondary N) is 2. The molecule has 1 aromatic carbocycles. The third-order valence-electron chi connectivity index (χ3n) is 4.44. The second kappa shape index (κ2) is 6.61. The van der Waals surface area contributed by atoms with Gasteiger partial charge in [0.15, 0.2) is 0 Å². The van der Waals surface area contributed by atoms with Gasteiger partial charge in [-0.15, -0.1) is 0 Å². The van der Waals surface area contributed by atoms with Gasteiger partial charge >= 0.3 is 6.03 Å². The lowest BCUT2D eigenvalue weighted by Crippen LogP contribution is -2.43. The van der Waals surface area contributed by atoms with E-state index in [-0.39, 0.29) is 11.9 Å². The number of amides is 3. The average Bonchev–Trinajstić information content (AvgIpc) is 2.44. The number of hydrogen-bond acceptors (Lipinski definition) is 2. The molecule has 0 radical (unpaired) electrons. The molecule has 114 valence electrons. The molecular formula is C16H23N3O2. The smallest absolute Gasteiger partial charge is 0.316 e. The van der Waals surface area contributed by atoms with Crippen LogP contribution in [0, 0.1) is 11.8 Å². The van der Waals surface area contributed by atoms with Crippen LogP contribution in [-0.4, -0.2) is 18.0 Å². The van der Waals surface area contributed by atoms with Crippen LogP contribution in [0.3, 0.4) is 0 Å². The summed E-state index contributed by atoms with van der Waals surface area (Å²) in [5.74, 6) is 1.08. The van der Waals surface area contributed by atoms with Crippen molar-refractivity contribution in [3.8, 4) is 0 Å². The van der Waals surface area contributed by atoms with Crippen LogP contribution in [-0.2, 0) is 0 Å². The summed E-state index contributed by atoms with van der Waals surface area (Å²) in [6.45, 7) is 4.45. The van der Waals surface area contributed by atoms with Crippen LogP contribution >= 0.6 is 0 Å². The van der Waals surface area contributed by atoms with Crippen LogP contribution in [0.1, 0.15) is 43.5 Å². The standard InChI is InChI=1S/C16H23N3O2/c1-10-4-3-5-14(11(10)2)19-15(20)12-6-8-13(9-7-12)18-16(17)21/h6-11,14H,3-5H2,1-2H3,(H,19,20)(H3,17,18,21). The van der Waals surface area contributed by atoms with Crippen LogP contribution in [0.25, 0.3) is 0 Å². The van der Waals surface area contributed by atoms with Crippen LogP contribution in [0.5, 0.6) is 0 Å². The average molecular weight is 289 g/mol. The molecule has 0 bridgehead atoms. The van der Waals surface area contributed by atoms with E-state index in [0.29, 0.717) is 23.1 Å². The maximum absolute atomic E-state index is 12.3. The molecule has 3 unspecified atom stereocenters. The molecule has 0 heterocycles. The van der Waals surface area contributed by atoms with Gasteiger partial charge in [0.1, 0.15) is 0 Å². The molecule has 21 heavy (non-hydrogen) atoms. The molecule has 5 nitrogen and oxygen atoms in total. The van der Waals surface area contributed by atoms with Gasteiger partial charge in [-0.1, -0.05) is 26.7 Å². The molecule has 1 saturated carbocycles. The third-order valence-corrected chi connectivity index (χ3v) is 4.44. The Bertz CT molecular complexity index is 513. The number of anilines is 1. The number of urea groups is 1. The Labute approximate surface area is 125 Å². The number of benzene rings is 1. The van der Waals surface area contributed by atoms with Crippen LogP contribution < -0.4 is 16.4 Å². The molecule has 1 aliphatic rings. The van der Waals surface area contributed by atoms with E-state index in [1.165, 1.54) is 6.42 Å². The van der Waals surface area contributed by atoms with Crippen molar-refractivity contribution < 1.29 is 9.59 Å². The first-order chi connectivity index (χ1) is 9.97. The van der Waals surface area contributed by atoms with Crippen molar-refractivity contribution in [1.29, 1.82) is 0 Å². The van der Waals surface area contributed by atoms with Gasteiger partial charge in [-0.3, -0.25) is 4.79 Å². The zero-order valence-electron chi connectivity index (χ0n) is 12.6. The van der Waals surface area contributed by atoms with E-state index in [1.807, 2.05) is 0 Å². The minimum atomic E-state index is -0.614. The summed E-state index contributed by atoms with van der Waals surface area (Å²) < 4.78 is 0. The summed E-state index contributed by atoms with van der Waals surface area (Å²) in [6, 6.07) is 6.36. The SMILES string of the molecule is CC1CCCC(NC(=O)c2ccc(NC(N)=O)cc2)C1C. The molecule has 1 aromatic rings. The quantitative estimate of drug-likeness (QED) is 0.799. The highest BCUT2D eigenvalue weighted by Gasteiger charge is 2.28. The molecule has 0 saturated heterocycles. The summed E-state index contributed by atoms with van der Waals surface area (Å²) in [7, 11) is 0. The van der Waals surface area contributed by atoms with Gasteiger partial charge in [0, 0.05) is 17.3 Å². The van der Waals surface area contributed by atoms with Gasteiger partial charge in [-0.25, -0.2) is 4.79 Å². The summed E-state index contributed by atoms with van der Waals surface area (Å²) in [4.78, 5) is 23.0. The number of primary amides is 1. The van der Waals surface area contributed by atoms with Gasteiger partial charge in [0.2, 0.25) is 0 Å². The monoisotopic (exact) mass is 289 g/mol. The van der Waals surface area contributed by atoms with Crippen molar-refractivity contribution in [3.63, 3.8) is 0 Å². The fraction of sp³-hybridized carbons (Fsp3) is 0.500. The topological polar surface area (TPSA) is 84.2 Å². The highest BCUT2D eigenvalue weighted by Crippen LogP contribution is 2.29. The number of rotatable bonds is 3. The summed E-state index contributed by atoms with van der Waals surface area (Å²) in [6.07, 6.45) is 3.44. The fourth-order valence-electron chi connectivity index (χ4n) is 2.88. The van der Waals surface area contributed by atoms with Gasteiger partial charge < -0.3 is 16.4 Å². The first-order valence-corrected chi connectivity index (χ1v) is 7.44. The van der Waals surface area contributed by atoms with Crippen molar-refractivity contribution in [2.45, 2.75) is 39.2 Å². The molecule has 0 aromatic heterocycles. The van der Waals surface area contributed by atoms with E-state index in [4.69, 9.17) is 5.73 Å². The van der Waals surface area contributed by atoms with Crippen molar-refractivity contribution >= 4 is 17.6 Å². The Balaban J connectivity index is 1.98. The Morgan fingerprint density at radius 3 is 2.43 bits per heavy atom. The molecule has 3 amide bonds. The molecule has 0 spiro atoms. The Hall–Kier alpha value is -2.04.